The van der Waals surface area contributed by atoms with E-state index >= 15 is 0 Å². The summed E-state index contributed by atoms with van der Waals surface area (Å²) < 4.78 is 14.2. The number of nitrogens with one attached hydrogen (secondary N) is 1. The van der Waals surface area contributed by atoms with Gasteiger partial charge in [0, 0.05) is 0 Å². The van der Waals surface area contributed by atoms with Gasteiger partial charge in [-0.15, -0.1) is 11.8 Å². The standard InChI is InChI=1S/C18H20N2O7S/c1-18(9-26-10-21)14(17(24)25-2)20-15(23)13(16(20)28-18)19-12(22)8-27-11-6-4-3-5-7-11/h3-7,10,13-14,16H,8-9H2,1-2H3,(H,19,22)/t13?,14?,16-,18-/m0/s1. The third-order valence-corrected chi connectivity index (χ3v) is 6.24. The number of carbonyl (C=O) groups excluding carboxylic acids is 4. The molecule has 28 heavy (non-hydrogen) atoms. The van der Waals surface area contributed by atoms with Gasteiger partial charge in [0.1, 0.15) is 29.8 Å². The van der Waals surface area contributed by atoms with E-state index in [9.17, 15) is 19.2 Å². The lowest BCUT2D eigenvalue weighted by molar-refractivity contribution is -0.164. The normalized spacial score (nSPS) is 28.0. The van der Waals surface area contributed by atoms with E-state index in [0.717, 1.165) is 0 Å². The van der Waals surface area contributed by atoms with E-state index in [1.165, 1.54) is 23.8 Å². The maximum Gasteiger partial charge on any atom is 0.330 e. The number of carbonyl (C=O) groups is 4. The largest absolute Gasteiger partial charge is 0.484 e. The van der Waals surface area contributed by atoms with Crippen molar-refractivity contribution < 1.29 is 33.4 Å². The summed E-state index contributed by atoms with van der Waals surface area (Å²) in [7, 11) is 1.23. The summed E-state index contributed by atoms with van der Waals surface area (Å²) in [5, 5.41) is 2.18. The quantitative estimate of drug-likeness (QED) is 0.362. The number of ether oxygens (including phenoxy) is 3. The van der Waals surface area contributed by atoms with Crippen LogP contribution in [0.4, 0.5) is 0 Å². The zero-order valence-electron chi connectivity index (χ0n) is 15.3. The Bertz CT molecular complexity index is 774. The number of para-hydroxylation sites is 1. The van der Waals surface area contributed by atoms with Crippen LogP contribution in [-0.2, 0) is 28.7 Å². The van der Waals surface area contributed by atoms with Gasteiger partial charge in [-0.25, -0.2) is 4.79 Å². The summed E-state index contributed by atoms with van der Waals surface area (Å²) in [5.74, 6) is -0.901. The molecule has 1 N–H and O–H groups in total. The molecule has 3 rings (SSSR count). The first-order valence-electron chi connectivity index (χ1n) is 8.51. The molecule has 1 aromatic carbocycles. The number of amides is 2. The molecule has 1 aromatic rings. The fourth-order valence-electron chi connectivity index (χ4n) is 3.32. The summed E-state index contributed by atoms with van der Waals surface area (Å²) in [6, 6.07) is 7.13. The molecule has 2 saturated heterocycles. The Morgan fingerprint density at radius 3 is 2.68 bits per heavy atom. The van der Waals surface area contributed by atoms with E-state index in [-0.39, 0.29) is 19.7 Å². The Balaban J connectivity index is 1.64. The second-order valence-corrected chi connectivity index (χ2v) is 8.20. The van der Waals surface area contributed by atoms with E-state index in [1.54, 1.807) is 31.2 Å². The Hall–Kier alpha value is -2.75. The molecule has 2 aliphatic rings. The molecule has 9 nitrogen and oxygen atoms in total. The van der Waals surface area contributed by atoms with Crippen LogP contribution in [0.5, 0.6) is 5.75 Å². The van der Waals surface area contributed by atoms with Crippen molar-refractivity contribution in [3.05, 3.63) is 30.3 Å². The summed E-state index contributed by atoms with van der Waals surface area (Å²) in [6.45, 7) is 1.69. The molecule has 0 aliphatic carbocycles. The van der Waals surface area contributed by atoms with Crippen molar-refractivity contribution in [2.75, 3.05) is 20.3 Å². The number of esters is 1. The van der Waals surface area contributed by atoms with Crippen LogP contribution in [0.15, 0.2) is 30.3 Å². The molecule has 0 spiro atoms. The third kappa shape index (κ3) is 3.64. The molecule has 0 aromatic heterocycles. The minimum atomic E-state index is -0.909. The van der Waals surface area contributed by atoms with Gasteiger partial charge < -0.3 is 24.4 Å². The summed E-state index contributed by atoms with van der Waals surface area (Å²) >= 11 is 1.29. The van der Waals surface area contributed by atoms with Crippen LogP contribution in [0.3, 0.4) is 0 Å². The van der Waals surface area contributed by atoms with E-state index < -0.39 is 40.0 Å². The van der Waals surface area contributed by atoms with Crippen LogP contribution < -0.4 is 10.1 Å². The SMILES string of the molecule is COC(=O)C1N2C(=O)C(NC(=O)COc3ccccc3)[C@@H]2S[C@@]1(C)COC=O. The van der Waals surface area contributed by atoms with E-state index in [0.29, 0.717) is 5.75 Å². The second kappa shape index (κ2) is 8.09. The van der Waals surface area contributed by atoms with E-state index in [1.807, 2.05) is 6.07 Å². The van der Waals surface area contributed by atoms with Crippen molar-refractivity contribution in [1.82, 2.24) is 10.2 Å². The number of thioether (sulfide) groups is 1. The average molecular weight is 408 g/mol. The first kappa shape index (κ1) is 20.0. The van der Waals surface area contributed by atoms with Crippen LogP contribution in [-0.4, -0.2) is 71.7 Å². The average Bonchev–Trinajstić information content (AvgIpc) is 2.99. The van der Waals surface area contributed by atoms with Crippen molar-refractivity contribution in [1.29, 1.82) is 0 Å². The maximum absolute atomic E-state index is 12.6. The van der Waals surface area contributed by atoms with Crippen LogP contribution in [0, 0.1) is 0 Å². The Kier molecular flexibility index (Phi) is 5.78. The lowest BCUT2D eigenvalue weighted by atomic mass is 9.95. The van der Waals surface area contributed by atoms with Crippen molar-refractivity contribution >= 4 is 36.0 Å². The number of nitrogens with zero attached hydrogens (tertiary/aromatic N) is 1. The molecule has 2 amide bonds. The van der Waals surface area contributed by atoms with Gasteiger partial charge >= 0.3 is 5.97 Å². The Morgan fingerprint density at radius 1 is 1.32 bits per heavy atom. The Morgan fingerprint density at radius 2 is 2.04 bits per heavy atom. The van der Waals surface area contributed by atoms with Gasteiger partial charge in [-0.2, -0.15) is 0 Å². The number of benzene rings is 1. The van der Waals surface area contributed by atoms with Crippen molar-refractivity contribution in [3.8, 4) is 5.75 Å². The summed E-state index contributed by atoms with van der Waals surface area (Å²) in [6.07, 6.45) is 0. The van der Waals surface area contributed by atoms with E-state index in [2.05, 4.69) is 5.32 Å². The van der Waals surface area contributed by atoms with Crippen molar-refractivity contribution in [3.63, 3.8) is 0 Å². The van der Waals surface area contributed by atoms with Gasteiger partial charge in [0.05, 0.1) is 11.9 Å². The molecule has 150 valence electrons. The van der Waals surface area contributed by atoms with E-state index in [4.69, 9.17) is 14.2 Å². The molecule has 2 unspecified atom stereocenters. The number of methoxy groups -OCH3 is 1. The predicted molar refractivity (Wildman–Crippen MR) is 98.3 cm³/mol. The first-order valence-corrected chi connectivity index (χ1v) is 9.39. The lowest BCUT2D eigenvalue weighted by Crippen LogP contribution is -2.71. The predicted octanol–water partition coefficient (Wildman–Crippen LogP) is -0.0614. The smallest absolute Gasteiger partial charge is 0.330 e. The van der Waals surface area contributed by atoms with Gasteiger partial charge in [-0.1, -0.05) is 18.2 Å². The fraction of sp³-hybridized carbons (Fsp3) is 0.444. The molecule has 10 heteroatoms. The van der Waals surface area contributed by atoms with Gasteiger partial charge in [0.2, 0.25) is 5.91 Å². The number of hydrogen-bond donors (Lipinski definition) is 1. The third-order valence-electron chi connectivity index (χ3n) is 4.62. The van der Waals surface area contributed by atoms with Crippen LogP contribution in [0.1, 0.15) is 6.92 Å². The maximum atomic E-state index is 12.6. The zero-order chi connectivity index (χ0) is 20.3. The van der Waals surface area contributed by atoms with Crippen LogP contribution in [0.25, 0.3) is 0 Å². The minimum Gasteiger partial charge on any atom is -0.484 e. The highest BCUT2D eigenvalue weighted by Gasteiger charge is 2.66. The molecule has 4 atom stereocenters. The van der Waals surface area contributed by atoms with Crippen LogP contribution in [0.2, 0.25) is 0 Å². The highest BCUT2D eigenvalue weighted by atomic mass is 32.2. The number of rotatable bonds is 8. The van der Waals surface area contributed by atoms with Gasteiger partial charge in [-0.05, 0) is 19.1 Å². The highest BCUT2D eigenvalue weighted by Crippen LogP contribution is 2.51. The number of fused-ring (bicyclic) bond motifs is 1. The molecule has 0 radical (unpaired) electrons. The second-order valence-electron chi connectivity index (χ2n) is 6.55. The number of β-lactam (4-membered cyclic amide) rings is 1. The van der Waals surface area contributed by atoms with Gasteiger partial charge in [-0.3, -0.25) is 14.4 Å². The van der Waals surface area contributed by atoms with Crippen molar-refractivity contribution in [2.24, 2.45) is 0 Å². The monoisotopic (exact) mass is 408 g/mol. The zero-order valence-corrected chi connectivity index (χ0v) is 16.1. The Labute approximate surface area is 165 Å². The van der Waals surface area contributed by atoms with Gasteiger partial charge in [0.25, 0.3) is 12.4 Å². The topological polar surface area (TPSA) is 111 Å². The molecule has 2 fully saturated rings. The van der Waals surface area contributed by atoms with Crippen LogP contribution >= 0.6 is 11.8 Å². The first-order chi connectivity index (χ1) is 13.4. The summed E-state index contributed by atoms with van der Waals surface area (Å²) in [5.41, 5.74) is 0. The molecular formula is C18H20N2O7S. The highest BCUT2D eigenvalue weighted by molar-refractivity contribution is 8.01. The molecule has 0 saturated carbocycles. The molecule has 0 bridgehead atoms. The fourth-order valence-corrected chi connectivity index (χ4v) is 5.01. The molecule has 2 aliphatic heterocycles. The van der Waals surface area contributed by atoms with Crippen molar-refractivity contribution in [2.45, 2.75) is 29.1 Å². The molecular weight excluding hydrogens is 388 g/mol. The number of hydrogen-bond acceptors (Lipinski definition) is 8. The van der Waals surface area contributed by atoms with Gasteiger partial charge in [0.15, 0.2) is 6.61 Å². The summed E-state index contributed by atoms with van der Waals surface area (Å²) in [4.78, 5) is 49.0. The molecule has 2 heterocycles. The lowest BCUT2D eigenvalue weighted by Gasteiger charge is -2.43. The minimum absolute atomic E-state index is 0.0704.